The van der Waals surface area contributed by atoms with Gasteiger partial charge in [-0.2, -0.15) is 30.7 Å². The van der Waals surface area contributed by atoms with Gasteiger partial charge in [0, 0.05) is 5.56 Å². The van der Waals surface area contributed by atoms with E-state index in [1.807, 2.05) is 0 Å². The average Bonchev–Trinajstić information content (AvgIpc) is 2.26. The zero-order valence-electron chi connectivity index (χ0n) is 10.4. The van der Waals surface area contributed by atoms with Crippen molar-refractivity contribution in [2.75, 3.05) is 0 Å². The van der Waals surface area contributed by atoms with E-state index in [0.29, 0.717) is 12.1 Å². The van der Waals surface area contributed by atoms with Gasteiger partial charge in [-0.05, 0) is 25.5 Å². The summed E-state index contributed by atoms with van der Waals surface area (Å²) in [7, 11) is 0. The first-order valence-electron chi connectivity index (χ1n) is 5.37. The van der Waals surface area contributed by atoms with E-state index in [4.69, 9.17) is 0 Å². The molecule has 8 heteroatoms. The number of hydrogen-bond acceptors (Lipinski definition) is 1. The molecular formula is C12H11F7O. The zero-order valence-corrected chi connectivity index (χ0v) is 10.4. The Hall–Kier alpha value is -1.31. The van der Waals surface area contributed by atoms with Crippen LogP contribution in [0.3, 0.4) is 0 Å². The van der Waals surface area contributed by atoms with E-state index in [9.17, 15) is 35.8 Å². The van der Waals surface area contributed by atoms with Crippen molar-refractivity contribution in [3.63, 3.8) is 0 Å². The molecule has 0 fully saturated rings. The summed E-state index contributed by atoms with van der Waals surface area (Å²) in [5.41, 5.74) is -3.37. The molecule has 0 heterocycles. The van der Waals surface area contributed by atoms with Gasteiger partial charge in [-0.25, -0.2) is 0 Å². The van der Waals surface area contributed by atoms with Crippen LogP contribution in [0.25, 0.3) is 0 Å². The molecule has 0 bridgehead atoms. The van der Waals surface area contributed by atoms with Crippen LogP contribution in [0.15, 0.2) is 24.3 Å². The lowest BCUT2D eigenvalue weighted by Crippen LogP contribution is -2.50. The first-order valence-corrected chi connectivity index (χ1v) is 5.37. The highest BCUT2D eigenvalue weighted by atomic mass is 19.4. The van der Waals surface area contributed by atoms with Gasteiger partial charge in [-0.1, -0.05) is 18.2 Å². The molecule has 0 saturated carbocycles. The standard InChI is InChI=1S/C12H11F7O/c1-9(2,20)7-4-3-5-8(6-7)10(13,14)11(15,16)12(17,18)19/h3-6,20H,1-2H3. The maximum absolute atomic E-state index is 13.4. The van der Waals surface area contributed by atoms with Crippen molar-refractivity contribution in [1.29, 1.82) is 0 Å². The molecule has 0 unspecified atom stereocenters. The molecule has 0 aliphatic heterocycles. The molecular weight excluding hydrogens is 293 g/mol. The number of alkyl halides is 7. The molecule has 1 rings (SSSR count). The summed E-state index contributed by atoms with van der Waals surface area (Å²) in [6, 6.07) is 2.91. The van der Waals surface area contributed by atoms with Crippen molar-refractivity contribution in [3.8, 4) is 0 Å². The topological polar surface area (TPSA) is 20.2 Å². The molecule has 20 heavy (non-hydrogen) atoms. The fraction of sp³-hybridized carbons (Fsp3) is 0.500. The maximum Gasteiger partial charge on any atom is 0.460 e. The van der Waals surface area contributed by atoms with Crippen molar-refractivity contribution >= 4 is 0 Å². The summed E-state index contributed by atoms with van der Waals surface area (Å²) in [5.74, 6) is -11.6. The third-order valence-corrected chi connectivity index (χ3v) is 2.68. The lowest BCUT2D eigenvalue weighted by Gasteiger charge is -2.29. The molecule has 1 nitrogen and oxygen atoms in total. The van der Waals surface area contributed by atoms with Crippen LogP contribution in [0.4, 0.5) is 30.7 Å². The van der Waals surface area contributed by atoms with Gasteiger partial charge in [0.2, 0.25) is 0 Å². The number of rotatable bonds is 3. The Balaban J connectivity index is 3.37. The minimum atomic E-state index is -6.39. The minimum absolute atomic E-state index is 0.201. The highest BCUT2D eigenvalue weighted by Gasteiger charge is 2.73. The Kier molecular flexibility index (Phi) is 3.86. The highest BCUT2D eigenvalue weighted by molar-refractivity contribution is 5.31. The maximum atomic E-state index is 13.4. The average molecular weight is 304 g/mol. The molecule has 0 radical (unpaired) electrons. The monoisotopic (exact) mass is 304 g/mol. The van der Waals surface area contributed by atoms with Crippen LogP contribution in [-0.4, -0.2) is 17.2 Å². The van der Waals surface area contributed by atoms with Crippen molar-refractivity contribution in [2.24, 2.45) is 0 Å². The SMILES string of the molecule is CC(C)(O)c1cccc(C(F)(F)C(F)(F)C(F)(F)F)c1. The van der Waals surface area contributed by atoms with E-state index in [1.165, 1.54) is 13.8 Å². The van der Waals surface area contributed by atoms with E-state index < -0.39 is 29.2 Å². The van der Waals surface area contributed by atoms with Crippen LogP contribution in [0.1, 0.15) is 25.0 Å². The van der Waals surface area contributed by atoms with E-state index in [1.54, 1.807) is 0 Å². The van der Waals surface area contributed by atoms with Crippen LogP contribution in [0, 0.1) is 0 Å². The van der Waals surface area contributed by atoms with Gasteiger partial charge in [-0.3, -0.25) is 0 Å². The second-order valence-corrected chi connectivity index (χ2v) is 4.79. The van der Waals surface area contributed by atoms with Crippen molar-refractivity contribution in [3.05, 3.63) is 35.4 Å². The molecule has 1 N–H and O–H groups in total. The number of aliphatic hydroxyl groups is 1. The minimum Gasteiger partial charge on any atom is -0.386 e. The molecule has 0 atom stereocenters. The quantitative estimate of drug-likeness (QED) is 0.830. The van der Waals surface area contributed by atoms with Crippen LogP contribution in [0.5, 0.6) is 0 Å². The van der Waals surface area contributed by atoms with Crippen molar-refractivity contribution in [1.82, 2.24) is 0 Å². The molecule has 0 aliphatic carbocycles. The third-order valence-electron chi connectivity index (χ3n) is 2.68. The number of hydrogen-bond donors (Lipinski definition) is 1. The second kappa shape index (κ2) is 4.61. The summed E-state index contributed by atoms with van der Waals surface area (Å²) >= 11 is 0. The summed E-state index contributed by atoms with van der Waals surface area (Å²) in [4.78, 5) is 0. The van der Waals surface area contributed by atoms with Gasteiger partial charge < -0.3 is 5.11 Å². The van der Waals surface area contributed by atoms with Gasteiger partial charge in [0.1, 0.15) is 0 Å². The van der Waals surface area contributed by atoms with Gasteiger partial charge in [0.15, 0.2) is 0 Å². The largest absolute Gasteiger partial charge is 0.460 e. The summed E-state index contributed by atoms with van der Waals surface area (Å²) < 4.78 is 88.9. The summed E-state index contributed by atoms with van der Waals surface area (Å²) in [6.07, 6.45) is -6.39. The number of halogens is 7. The van der Waals surface area contributed by atoms with Gasteiger partial charge in [0.05, 0.1) is 5.60 Å². The molecule has 114 valence electrons. The van der Waals surface area contributed by atoms with Crippen LogP contribution < -0.4 is 0 Å². The normalized spacial score (nSPS) is 14.5. The van der Waals surface area contributed by atoms with Crippen molar-refractivity contribution in [2.45, 2.75) is 37.5 Å². The molecule has 1 aromatic rings. The highest BCUT2D eigenvalue weighted by Crippen LogP contribution is 2.51. The fourth-order valence-corrected chi connectivity index (χ4v) is 1.45. The first-order chi connectivity index (χ1) is 8.71. The van der Waals surface area contributed by atoms with Crippen LogP contribution in [0.2, 0.25) is 0 Å². The Morgan fingerprint density at radius 3 is 1.70 bits per heavy atom. The Morgan fingerprint density at radius 2 is 1.30 bits per heavy atom. The molecule has 0 aliphatic rings. The lowest BCUT2D eigenvalue weighted by molar-refractivity contribution is -0.359. The van der Waals surface area contributed by atoms with E-state index >= 15 is 0 Å². The Morgan fingerprint density at radius 1 is 0.850 bits per heavy atom. The first kappa shape index (κ1) is 16.7. The Bertz CT molecular complexity index is 485. The van der Waals surface area contributed by atoms with E-state index in [-0.39, 0.29) is 5.56 Å². The van der Waals surface area contributed by atoms with E-state index in [0.717, 1.165) is 12.1 Å². The molecule has 0 amide bonds. The lowest BCUT2D eigenvalue weighted by atomic mass is 9.93. The molecule has 1 aromatic carbocycles. The zero-order chi connectivity index (χ0) is 16.0. The van der Waals surface area contributed by atoms with Crippen LogP contribution in [-0.2, 0) is 11.5 Å². The van der Waals surface area contributed by atoms with Gasteiger partial charge in [0.25, 0.3) is 0 Å². The fourth-order valence-electron chi connectivity index (χ4n) is 1.45. The Labute approximate surface area is 110 Å². The summed E-state index contributed by atoms with van der Waals surface area (Å²) in [6.45, 7) is 2.37. The van der Waals surface area contributed by atoms with Gasteiger partial charge >= 0.3 is 18.0 Å². The smallest absolute Gasteiger partial charge is 0.386 e. The number of benzene rings is 1. The van der Waals surface area contributed by atoms with Gasteiger partial charge in [-0.15, -0.1) is 0 Å². The van der Waals surface area contributed by atoms with Crippen LogP contribution >= 0.6 is 0 Å². The third kappa shape index (κ3) is 2.74. The predicted molar refractivity (Wildman–Crippen MR) is 56.6 cm³/mol. The van der Waals surface area contributed by atoms with E-state index in [2.05, 4.69) is 0 Å². The van der Waals surface area contributed by atoms with Crippen molar-refractivity contribution < 1.29 is 35.8 Å². The molecule has 0 aromatic heterocycles. The predicted octanol–water partition coefficient (Wildman–Crippen LogP) is 4.20. The molecule has 0 spiro atoms. The summed E-state index contributed by atoms with van der Waals surface area (Å²) in [5, 5.41) is 9.59. The second-order valence-electron chi connectivity index (χ2n) is 4.79. The molecule has 0 saturated heterocycles.